The molecule has 1 N–H and O–H groups in total. The topological polar surface area (TPSA) is 69.7 Å². The number of carbonyl (C=O) groups excluding carboxylic acids is 3. The molecule has 28 heavy (non-hydrogen) atoms. The van der Waals surface area contributed by atoms with E-state index in [9.17, 15) is 14.4 Å². The first-order valence-electron chi connectivity index (χ1n) is 10.8. The monoisotopic (exact) mass is 393 g/mol. The van der Waals surface area contributed by atoms with Crippen LogP contribution in [0, 0.1) is 22.7 Å². The second kappa shape index (κ2) is 8.83. The maximum Gasteiger partial charge on any atom is 0.317 e. The first kappa shape index (κ1) is 22.7. The van der Waals surface area contributed by atoms with Crippen molar-refractivity contribution >= 4 is 17.8 Å². The highest BCUT2D eigenvalue weighted by atomic mass is 16.2. The largest absolute Gasteiger partial charge is 0.338 e. The molecule has 6 heteroatoms. The summed E-state index contributed by atoms with van der Waals surface area (Å²) in [4.78, 5) is 40.0. The molecule has 0 bridgehead atoms. The Morgan fingerprint density at radius 2 is 1.57 bits per heavy atom. The average molecular weight is 394 g/mol. The minimum atomic E-state index is -0.186. The third kappa shape index (κ3) is 5.71. The van der Waals surface area contributed by atoms with Crippen molar-refractivity contribution in [3.8, 4) is 0 Å². The van der Waals surface area contributed by atoms with Crippen molar-refractivity contribution in [2.75, 3.05) is 26.2 Å². The van der Waals surface area contributed by atoms with Crippen molar-refractivity contribution in [2.45, 2.75) is 73.6 Å². The number of nitrogens with zero attached hydrogens (tertiary/aromatic N) is 2. The smallest absolute Gasteiger partial charge is 0.317 e. The van der Waals surface area contributed by atoms with Crippen LogP contribution in [-0.2, 0) is 9.59 Å². The second-order valence-electron chi connectivity index (χ2n) is 10.6. The van der Waals surface area contributed by atoms with Crippen LogP contribution in [-0.4, -0.2) is 53.8 Å². The standard InChI is InChI=1S/C22H39N3O3/c1-21(2,3)16-14-24(15-16)20(28)23-11-9-7-8-10-12-25-18(26)13-17(19(25)27)22(4,5)6/h16-17H,7-15H2,1-6H3,(H,23,28). The lowest BCUT2D eigenvalue weighted by Gasteiger charge is -2.46. The number of rotatable bonds is 7. The number of hydrogen-bond donors (Lipinski definition) is 1. The van der Waals surface area contributed by atoms with Gasteiger partial charge in [-0.3, -0.25) is 14.5 Å². The SMILES string of the molecule is CC(C)(C)C1CN(C(=O)NCCCCCCN2C(=O)CC(C(C)(C)C)C2=O)C1. The lowest BCUT2D eigenvalue weighted by Crippen LogP contribution is -2.57. The maximum atomic E-state index is 12.4. The van der Waals surface area contributed by atoms with Gasteiger partial charge in [-0.15, -0.1) is 0 Å². The summed E-state index contributed by atoms with van der Waals surface area (Å²) < 4.78 is 0. The number of nitrogens with one attached hydrogen (secondary N) is 1. The summed E-state index contributed by atoms with van der Waals surface area (Å²) in [6, 6.07) is 0.0435. The normalized spacial score (nSPS) is 21.3. The highest BCUT2D eigenvalue weighted by molar-refractivity contribution is 6.03. The van der Waals surface area contributed by atoms with E-state index in [2.05, 4.69) is 26.1 Å². The van der Waals surface area contributed by atoms with Gasteiger partial charge >= 0.3 is 6.03 Å². The van der Waals surface area contributed by atoms with Crippen molar-refractivity contribution in [1.82, 2.24) is 15.1 Å². The van der Waals surface area contributed by atoms with Gasteiger partial charge in [-0.25, -0.2) is 4.79 Å². The highest BCUT2D eigenvalue weighted by Gasteiger charge is 2.44. The first-order chi connectivity index (χ1) is 12.9. The molecule has 0 aromatic rings. The number of amides is 4. The van der Waals surface area contributed by atoms with E-state index < -0.39 is 0 Å². The Bertz CT molecular complexity index is 583. The molecule has 0 spiro atoms. The van der Waals surface area contributed by atoms with Gasteiger partial charge in [0, 0.05) is 32.6 Å². The Kier molecular flexibility index (Phi) is 7.16. The van der Waals surface area contributed by atoms with E-state index in [1.165, 1.54) is 4.90 Å². The molecule has 1 unspecified atom stereocenters. The van der Waals surface area contributed by atoms with Crippen LogP contribution in [0.4, 0.5) is 4.79 Å². The number of carbonyl (C=O) groups is 3. The van der Waals surface area contributed by atoms with Crippen molar-refractivity contribution in [2.24, 2.45) is 22.7 Å². The lowest BCUT2D eigenvalue weighted by atomic mass is 9.76. The summed E-state index contributed by atoms with van der Waals surface area (Å²) >= 11 is 0. The van der Waals surface area contributed by atoms with Gasteiger partial charge < -0.3 is 10.2 Å². The van der Waals surface area contributed by atoms with Gasteiger partial charge in [0.15, 0.2) is 0 Å². The van der Waals surface area contributed by atoms with Crippen molar-refractivity contribution in [3.05, 3.63) is 0 Å². The molecule has 2 aliphatic rings. The van der Waals surface area contributed by atoms with Crippen LogP contribution < -0.4 is 5.32 Å². The Morgan fingerprint density at radius 3 is 2.11 bits per heavy atom. The van der Waals surface area contributed by atoms with E-state index in [4.69, 9.17) is 0 Å². The number of unbranched alkanes of at least 4 members (excludes halogenated alkanes) is 3. The van der Waals surface area contributed by atoms with E-state index in [1.54, 1.807) is 0 Å². The molecule has 0 aromatic heterocycles. The van der Waals surface area contributed by atoms with Gasteiger partial charge in [0.2, 0.25) is 11.8 Å². The average Bonchev–Trinajstić information content (AvgIpc) is 2.78. The zero-order chi connectivity index (χ0) is 21.1. The molecule has 160 valence electrons. The molecule has 2 fully saturated rings. The van der Waals surface area contributed by atoms with E-state index in [-0.39, 0.29) is 34.6 Å². The van der Waals surface area contributed by atoms with Gasteiger partial charge in [-0.1, -0.05) is 54.4 Å². The Balaban J connectivity index is 1.54. The van der Waals surface area contributed by atoms with Crippen LogP contribution in [0.5, 0.6) is 0 Å². The quantitative estimate of drug-likeness (QED) is 0.530. The Morgan fingerprint density at radius 1 is 0.964 bits per heavy atom. The molecule has 0 aliphatic carbocycles. The molecule has 2 rings (SSSR count). The van der Waals surface area contributed by atoms with Crippen molar-refractivity contribution in [3.63, 3.8) is 0 Å². The van der Waals surface area contributed by atoms with E-state index in [0.717, 1.165) is 38.8 Å². The zero-order valence-corrected chi connectivity index (χ0v) is 18.6. The third-order valence-corrected chi connectivity index (χ3v) is 6.27. The maximum absolute atomic E-state index is 12.4. The fourth-order valence-corrected chi connectivity index (χ4v) is 3.84. The number of hydrogen-bond acceptors (Lipinski definition) is 3. The van der Waals surface area contributed by atoms with E-state index in [0.29, 0.717) is 25.4 Å². The second-order valence-corrected chi connectivity index (χ2v) is 10.6. The number of urea groups is 1. The number of imide groups is 1. The molecular formula is C22H39N3O3. The molecular weight excluding hydrogens is 354 g/mol. The van der Waals surface area contributed by atoms with E-state index in [1.807, 2.05) is 25.7 Å². The predicted octanol–water partition coefficient (Wildman–Crippen LogP) is 3.66. The summed E-state index contributed by atoms with van der Waals surface area (Å²) in [5.74, 6) is 0.370. The van der Waals surface area contributed by atoms with Gasteiger partial charge in [0.1, 0.15) is 0 Å². The fourth-order valence-electron chi connectivity index (χ4n) is 3.84. The molecule has 2 heterocycles. The lowest BCUT2D eigenvalue weighted by molar-refractivity contribution is -0.140. The van der Waals surface area contributed by atoms with Crippen molar-refractivity contribution in [1.29, 1.82) is 0 Å². The van der Waals surface area contributed by atoms with E-state index >= 15 is 0 Å². The molecule has 6 nitrogen and oxygen atoms in total. The minimum absolute atomic E-state index is 0.00660. The summed E-state index contributed by atoms with van der Waals surface area (Å²) in [5, 5.41) is 2.99. The van der Waals surface area contributed by atoms with Gasteiger partial charge in [0.05, 0.1) is 5.92 Å². The summed E-state index contributed by atoms with van der Waals surface area (Å²) in [6.45, 7) is 15.6. The van der Waals surface area contributed by atoms with Crippen molar-refractivity contribution < 1.29 is 14.4 Å². The van der Waals surface area contributed by atoms with Crippen LogP contribution in [0.15, 0.2) is 0 Å². The third-order valence-electron chi connectivity index (χ3n) is 6.27. The zero-order valence-electron chi connectivity index (χ0n) is 18.6. The Labute approximate surface area is 170 Å². The fraction of sp³-hybridized carbons (Fsp3) is 0.864. The Hall–Kier alpha value is -1.59. The predicted molar refractivity (Wildman–Crippen MR) is 111 cm³/mol. The molecule has 0 saturated carbocycles. The van der Waals surface area contributed by atoms with Gasteiger partial charge in [-0.2, -0.15) is 0 Å². The van der Waals surface area contributed by atoms with Crippen LogP contribution in [0.1, 0.15) is 73.6 Å². The molecule has 1 atom stereocenters. The van der Waals surface area contributed by atoms with Gasteiger partial charge in [0.25, 0.3) is 0 Å². The van der Waals surface area contributed by atoms with Crippen LogP contribution in [0.25, 0.3) is 0 Å². The van der Waals surface area contributed by atoms with Crippen LogP contribution >= 0.6 is 0 Å². The van der Waals surface area contributed by atoms with Gasteiger partial charge in [-0.05, 0) is 29.6 Å². The molecule has 0 radical (unpaired) electrons. The number of likely N-dealkylation sites (tertiary alicyclic amines) is 2. The molecule has 2 saturated heterocycles. The summed E-state index contributed by atoms with van der Waals surface area (Å²) in [5.41, 5.74) is 0.102. The minimum Gasteiger partial charge on any atom is -0.338 e. The summed E-state index contributed by atoms with van der Waals surface area (Å²) in [7, 11) is 0. The molecule has 4 amide bonds. The van der Waals surface area contributed by atoms with Crippen LogP contribution in [0.2, 0.25) is 0 Å². The first-order valence-corrected chi connectivity index (χ1v) is 10.8. The highest BCUT2D eigenvalue weighted by Crippen LogP contribution is 2.35. The van der Waals surface area contributed by atoms with Crippen LogP contribution in [0.3, 0.4) is 0 Å². The molecule has 0 aromatic carbocycles. The molecule has 2 aliphatic heterocycles. The summed E-state index contributed by atoms with van der Waals surface area (Å²) in [6.07, 6.45) is 4.06.